The largest absolute Gasteiger partial charge is 0.497 e. The van der Waals surface area contributed by atoms with Gasteiger partial charge in [-0.25, -0.2) is 0 Å². The van der Waals surface area contributed by atoms with E-state index in [1.807, 2.05) is 0 Å². The first-order chi connectivity index (χ1) is 12.8. The summed E-state index contributed by atoms with van der Waals surface area (Å²) in [5.74, 6) is 0.413. The molecule has 1 heterocycles. The van der Waals surface area contributed by atoms with E-state index in [0.29, 0.717) is 37.5 Å². The van der Waals surface area contributed by atoms with Crippen LogP contribution in [0.3, 0.4) is 0 Å². The predicted octanol–water partition coefficient (Wildman–Crippen LogP) is 4.33. The van der Waals surface area contributed by atoms with Gasteiger partial charge in [0.2, 0.25) is 0 Å². The van der Waals surface area contributed by atoms with Crippen LogP contribution in [-0.2, 0) is 6.18 Å². The van der Waals surface area contributed by atoms with Crippen LogP contribution in [0.25, 0.3) is 0 Å². The van der Waals surface area contributed by atoms with Crippen molar-refractivity contribution in [3.8, 4) is 5.75 Å². The van der Waals surface area contributed by atoms with E-state index in [9.17, 15) is 18.0 Å². The molecule has 27 heavy (non-hydrogen) atoms. The zero-order valence-electron chi connectivity index (χ0n) is 14.6. The van der Waals surface area contributed by atoms with Gasteiger partial charge in [-0.3, -0.25) is 4.79 Å². The zero-order valence-corrected chi connectivity index (χ0v) is 15.3. The van der Waals surface area contributed by atoms with Gasteiger partial charge >= 0.3 is 6.18 Å². The number of hydrogen-bond donors (Lipinski definition) is 0. The van der Waals surface area contributed by atoms with Crippen molar-refractivity contribution in [2.24, 2.45) is 0 Å². The van der Waals surface area contributed by atoms with E-state index >= 15 is 0 Å². The Morgan fingerprint density at radius 3 is 2.41 bits per heavy atom. The SMILES string of the molecule is COc1cccc(C(=O)N2CCN(c3ccc(Cl)cc3C(F)(F)F)CC2)c1. The van der Waals surface area contributed by atoms with Gasteiger partial charge in [0, 0.05) is 42.5 Å². The minimum absolute atomic E-state index is 0.0397. The first-order valence-electron chi connectivity index (χ1n) is 8.34. The highest BCUT2D eigenvalue weighted by Gasteiger charge is 2.36. The van der Waals surface area contributed by atoms with Crippen LogP contribution in [0.2, 0.25) is 5.02 Å². The van der Waals surface area contributed by atoms with Gasteiger partial charge in [0.1, 0.15) is 5.75 Å². The maximum absolute atomic E-state index is 13.3. The Morgan fingerprint density at radius 2 is 1.78 bits per heavy atom. The Labute approximate surface area is 160 Å². The molecule has 1 amide bonds. The summed E-state index contributed by atoms with van der Waals surface area (Å²) >= 11 is 5.74. The standard InChI is InChI=1S/C19H18ClF3N2O2/c1-27-15-4-2-3-13(11-15)18(26)25-9-7-24(8-10-25)17-6-5-14(20)12-16(17)19(21,22)23/h2-6,11-12H,7-10H2,1H3. The van der Waals surface area contributed by atoms with E-state index in [2.05, 4.69) is 0 Å². The number of ether oxygens (including phenoxy) is 1. The summed E-state index contributed by atoms with van der Waals surface area (Å²) in [7, 11) is 1.52. The first-order valence-corrected chi connectivity index (χ1v) is 8.72. The molecule has 0 spiro atoms. The average Bonchev–Trinajstić information content (AvgIpc) is 2.67. The molecule has 2 aromatic carbocycles. The molecule has 1 aliphatic heterocycles. The number of piperazine rings is 1. The summed E-state index contributed by atoms with van der Waals surface area (Å²) in [6.07, 6.45) is -4.49. The quantitative estimate of drug-likeness (QED) is 0.771. The van der Waals surface area contributed by atoms with E-state index in [1.54, 1.807) is 34.1 Å². The summed E-state index contributed by atoms with van der Waals surface area (Å²) in [6.45, 7) is 1.27. The first kappa shape index (κ1) is 19.4. The van der Waals surface area contributed by atoms with Crippen LogP contribution < -0.4 is 9.64 Å². The fourth-order valence-corrected chi connectivity index (χ4v) is 3.27. The number of halogens is 4. The summed E-state index contributed by atoms with van der Waals surface area (Å²) in [6, 6.07) is 10.6. The number of rotatable bonds is 3. The Morgan fingerprint density at radius 1 is 1.07 bits per heavy atom. The number of carbonyl (C=O) groups is 1. The van der Waals surface area contributed by atoms with Gasteiger partial charge in [-0.15, -0.1) is 0 Å². The highest BCUT2D eigenvalue weighted by atomic mass is 35.5. The van der Waals surface area contributed by atoms with Gasteiger partial charge in [0.15, 0.2) is 0 Å². The van der Waals surface area contributed by atoms with Crippen molar-refractivity contribution in [1.82, 2.24) is 4.90 Å². The van der Waals surface area contributed by atoms with E-state index in [4.69, 9.17) is 16.3 Å². The molecule has 0 radical (unpaired) electrons. The lowest BCUT2D eigenvalue weighted by Crippen LogP contribution is -2.49. The Balaban J connectivity index is 1.73. The van der Waals surface area contributed by atoms with Crippen LogP contribution in [0.1, 0.15) is 15.9 Å². The molecule has 144 valence electrons. The fraction of sp³-hybridized carbons (Fsp3) is 0.316. The number of anilines is 1. The molecule has 0 atom stereocenters. The van der Waals surface area contributed by atoms with Crippen molar-refractivity contribution in [2.45, 2.75) is 6.18 Å². The molecule has 0 aliphatic carbocycles. The molecule has 0 bridgehead atoms. The van der Waals surface area contributed by atoms with Crippen LogP contribution in [0, 0.1) is 0 Å². The lowest BCUT2D eigenvalue weighted by atomic mass is 10.1. The molecule has 2 aromatic rings. The number of benzene rings is 2. The van der Waals surface area contributed by atoms with E-state index < -0.39 is 11.7 Å². The number of carbonyl (C=O) groups excluding carboxylic acids is 1. The number of alkyl halides is 3. The maximum Gasteiger partial charge on any atom is 0.418 e. The monoisotopic (exact) mass is 398 g/mol. The third-order valence-corrected chi connectivity index (χ3v) is 4.72. The summed E-state index contributed by atoms with van der Waals surface area (Å²) < 4.78 is 45.1. The minimum Gasteiger partial charge on any atom is -0.497 e. The highest BCUT2D eigenvalue weighted by molar-refractivity contribution is 6.30. The predicted molar refractivity (Wildman–Crippen MR) is 97.6 cm³/mol. The number of hydrogen-bond acceptors (Lipinski definition) is 3. The Kier molecular flexibility index (Phi) is 5.51. The molecular weight excluding hydrogens is 381 g/mol. The molecule has 0 aromatic heterocycles. The molecule has 4 nitrogen and oxygen atoms in total. The third-order valence-electron chi connectivity index (χ3n) is 4.49. The molecule has 8 heteroatoms. The summed E-state index contributed by atoms with van der Waals surface area (Å²) in [4.78, 5) is 15.9. The van der Waals surface area contributed by atoms with Gasteiger partial charge in [-0.05, 0) is 36.4 Å². The molecular formula is C19H18ClF3N2O2. The van der Waals surface area contributed by atoms with Crippen molar-refractivity contribution >= 4 is 23.2 Å². The average molecular weight is 399 g/mol. The molecule has 1 fully saturated rings. The number of methoxy groups -OCH3 is 1. The Hall–Kier alpha value is -2.41. The van der Waals surface area contributed by atoms with Gasteiger partial charge in [-0.1, -0.05) is 17.7 Å². The lowest BCUT2D eigenvalue weighted by Gasteiger charge is -2.37. The smallest absolute Gasteiger partial charge is 0.418 e. The van der Waals surface area contributed by atoms with Gasteiger partial charge in [0.25, 0.3) is 5.91 Å². The van der Waals surface area contributed by atoms with E-state index in [-0.39, 0.29) is 16.6 Å². The highest BCUT2D eigenvalue weighted by Crippen LogP contribution is 2.38. The normalized spacial score (nSPS) is 15.0. The lowest BCUT2D eigenvalue weighted by molar-refractivity contribution is -0.137. The van der Waals surface area contributed by atoms with Crippen LogP contribution in [0.15, 0.2) is 42.5 Å². The van der Waals surface area contributed by atoms with E-state index in [0.717, 1.165) is 6.07 Å². The molecule has 0 N–H and O–H groups in total. The number of amides is 1. The molecule has 3 rings (SSSR count). The molecule has 1 aliphatic rings. The van der Waals surface area contributed by atoms with E-state index in [1.165, 1.54) is 19.2 Å². The van der Waals surface area contributed by atoms with Gasteiger partial charge in [0.05, 0.1) is 12.7 Å². The summed E-state index contributed by atoms with van der Waals surface area (Å²) in [5, 5.41) is 0.0397. The topological polar surface area (TPSA) is 32.8 Å². The number of nitrogens with zero attached hydrogens (tertiary/aromatic N) is 2. The van der Waals surface area contributed by atoms with Crippen LogP contribution in [0.4, 0.5) is 18.9 Å². The summed E-state index contributed by atoms with van der Waals surface area (Å²) in [5.41, 5.74) is -0.187. The molecule has 0 unspecified atom stereocenters. The van der Waals surface area contributed by atoms with Gasteiger partial charge < -0.3 is 14.5 Å². The van der Waals surface area contributed by atoms with Crippen LogP contribution in [-0.4, -0.2) is 44.1 Å². The van der Waals surface area contributed by atoms with Gasteiger partial charge in [-0.2, -0.15) is 13.2 Å². The van der Waals surface area contributed by atoms with Crippen LogP contribution in [0.5, 0.6) is 5.75 Å². The second-order valence-electron chi connectivity index (χ2n) is 6.17. The van der Waals surface area contributed by atoms with Crippen molar-refractivity contribution in [2.75, 3.05) is 38.2 Å². The third kappa shape index (κ3) is 4.30. The molecule has 0 saturated carbocycles. The Bertz CT molecular complexity index is 834. The maximum atomic E-state index is 13.3. The zero-order chi connectivity index (χ0) is 19.6. The molecule has 1 saturated heterocycles. The second-order valence-corrected chi connectivity index (χ2v) is 6.61. The minimum atomic E-state index is -4.49. The van der Waals surface area contributed by atoms with Crippen molar-refractivity contribution in [1.29, 1.82) is 0 Å². The van der Waals surface area contributed by atoms with Crippen molar-refractivity contribution in [3.63, 3.8) is 0 Å². The van der Waals surface area contributed by atoms with Crippen molar-refractivity contribution in [3.05, 3.63) is 58.6 Å². The van der Waals surface area contributed by atoms with Crippen LogP contribution >= 0.6 is 11.6 Å². The fourth-order valence-electron chi connectivity index (χ4n) is 3.10. The second kappa shape index (κ2) is 7.68. The van der Waals surface area contributed by atoms with Crippen molar-refractivity contribution < 1.29 is 22.7 Å².